The molecule has 0 saturated heterocycles. The lowest BCUT2D eigenvalue weighted by Gasteiger charge is -2.06. The Labute approximate surface area is 69.1 Å². The summed E-state index contributed by atoms with van der Waals surface area (Å²) in [5, 5.41) is 9.33. The summed E-state index contributed by atoms with van der Waals surface area (Å²) in [6.07, 6.45) is 7.35. The van der Waals surface area contributed by atoms with Crippen LogP contribution in [0.25, 0.3) is 0 Å². The van der Waals surface area contributed by atoms with Crippen molar-refractivity contribution in [1.29, 1.82) is 0 Å². The fourth-order valence-corrected chi connectivity index (χ4v) is 1.05. The number of nitrogens with zero attached hydrogens (tertiary/aromatic N) is 1. The molecule has 3 N–H and O–H groups in total. The molecule has 0 aliphatic carbocycles. The Kier molecular flexibility index (Phi) is 7.89. The average Bonchev–Trinajstić information content (AvgIpc) is 1.96. The van der Waals surface area contributed by atoms with Crippen LogP contribution in [0.5, 0.6) is 0 Å². The smallest absolute Gasteiger partial charge is 0.0396 e. The molecule has 0 bridgehead atoms. The lowest BCUT2D eigenvalue weighted by molar-refractivity contribution is -0.0939. The predicted molar refractivity (Wildman–Crippen MR) is 46.1 cm³/mol. The minimum atomic E-state index is 0.589. The molecule has 68 valence electrons. The maximum Gasteiger partial charge on any atom is 0.0396 e. The molecule has 0 rings (SSSR count). The first-order valence-electron chi connectivity index (χ1n) is 4.48. The third-order valence-electron chi connectivity index (χ3n) is 1.74. The van der Waals surface area contributed by atoms with Crippen LogP contribution in [-0.4, -0.2) is 16.9 Å². The zero-order chi connectivity index (χ0) is 8.53. The van der Waals surface area contributed by atoms with Crippen LogP contribution in [0, 0.1) is 0 Å². The highest BCUT2D eigenvalue weighted by atomic mass is 16.5. The highest BCUT2D eigenvalue weighted by Crippen LogP contribution is 2.04. The molecule has 0 radical (unpaired) electrons. The van der Waals surface area contributed by atoms with Crippen molar-refractivity contribution in [2.24, 2.45) is 5.84 Å². The van der Waals surface area contributed by atoms with Gasteiger partial charge in [0.25, 0.3) is 0 Å². The van der Waals surface area contributed by atoms with E-state index in [2.05, 4.69) is 6.92 Å². The number of rotatable bonds is 7. The number of hydrazine groups is 1. The maximum atomic E-state index is 8.57. The lowest BCUT2D eigenvalue weighted by atomic mass is 10.1. The monoisotopic (exact) mass is 160 g/mol. The molecular weight excluding hydrogens is 140 g/mol. The average molecular weight is 160 g/mol. The molecule has 3 heteroatoms. The van der Waals surface area contributed by atoms with E-state index >= 15 is 0 Å². The van der Waals surface area contributed by atoms with Gasteiger partial charge in [-0.15, -0.1) is 5.17 Å². The van der Waals surface area contributed by atoms with Crippen molar-refractivity contribution in [2.45, 2.75) is 45.4 Å². The van der Waals surface area contributed by atoms with Crippen molar-refractivity contribution in [3.8, 4) is 0 Å². The van der Waals surface area contributed by atoms with E-state index in [1.54, 1.807) is 0 Å². The van der Waals surface area contributed by atoms with E-state index in [-0.39, 0.29) is 0 Å². The van der Waals surface area contributed by atoms with E-state index in [1.165, 1.54) is 32.1 Å². The number of hydrogen-bond donors (Lipinski definition) is 2. The molecule has 0 aromatic rings. The predicted octanol–water partition coefficient (Wildman–Crippen LogP) is 1.91. The minimum absolute atomic E-state index is 0.589. The van der Waals surface area contributed by atoms with Crippen molar-refractivity contribution in [3.63, 3.8) is 0 Å². The largest absolute Gasteiger partial charge is 0.299 e. The number of hydrogen-bond acceptors (Lipinski definition) is 3. The van der Waals surface area contributed by atoms with Crippen molar-refractivity contribution in [3.05, 3.63) is 0 Å². The topological polar surface area (TPSA) is 49.5 Å². The summed E-state index contributed by atoms with van der Waals surface area (Å²) in [6, 6.07) is 0. The highest BCUT2D eigenvalue weighted by molar-refractivity contribution is 4.44. The lowest BCUT2D eigenvalue weighted by Crippen LogP contribution is -2.27. The van der Waals surface area contributed by atoms with E-state index in [9.17, 15) is 0 Å². The zero-order valence-corrected chi connectivity index (χ0v) is 7.42. The van der Waals surface area contributed by atoms with Gasteiger partial charge in [0.1, 0.15) is 0 Å². The van der Waals surface area contributed by atoms with Crippen LogP contribution in [0.1, 0.15) is 45.4 Å². The van der Waals surface area contributed by atoms with Gasteiger partial charge in [0.2, 0.25) is 0 Å². The van der Waals surface area contributed by atoms with Gasteiger partial charge in [-0.25, -0.2) is 5.84 Å². The summed E-state index contributed by atoms with van der Waals surface area (Å²) in [5.41, 5.74) is 0. The van der Waals surface area contributed by atoms with Crippen molar-refractivity contribution < 1.29 is 5.21 Å². The van der Waals surface area contributed by atoms with Gasteiger partial charge < -0.3 is 0 Å². The Balaban J connectivity index is 2.80. The first-order chi connectivity index (χ1) is 5.27. The summed E-state index contributed by atoms with van der Waals surface area (Å²) in [5.74, 6) is 5.02. The Bertz CT molecular complexity index is 76.5. The second-order valence-electron chi connectivity index (χ2n) is 2.93. The van der Waals surface area contributed by atoms with Gasteiger partial charge in [0.15, 0.2) is 0 Å². The Morgan fingerprint density at radius 2 is 1.64 bits per heavy atom. The van der Waals surface area contributed by atoms with E-state index in [0.29, 0.717) is 6.54 Å². The minimum Gasteiger partial charge on any atom is -0.299 e. The van der Waals surface area contributed by atoms with Gasteiger partial charge in [-0.05, 0) is 6.42 Å². The Hall–Kier alpha value is -0.120. The SMILES string of the molecule is CCCCCCCCN(N)O. The van der Waals surface area contributed by atoms with E-state index in [1.807, 2.05) is 0 Å². The molecular formula is C8H20N2O. The van der Waals surface area contributed by atoms with Crippen LogP contribution >= 0.6 is 0 Å². The number of unbranched alkanes of at least 4 members (excludes halogenated alkanes) is 5. The van der Waals surface area contributed by atoms with E-state index in [4.69, 9.17) is 11.0 Å². The van der Waals surface area contributed by atoms with Gasteiger partial charge >= 0.3 is 0 Å². The molecule has 0 aromatic carbocycles. The molecule has 0 aliphatic rings. The van der Waals surface area contributed by atoms with Gasteiger partial charge in [-0.2, -0.15) is 0 Å². The molecule has 0 spiro atoms. The van der Waals surface area contributed by atoms with Crippen LogP contribution in [0.3, 0.4) is 0 Å². The van der Waals surface area contributed by atoms with Gasteiger partial charge in [0.05, 0.1) is 0 Å². The molecule has 0 amide bonds. The fourth-order valence-electron chi connectivity index (χ4n) is 1.05. The quantitative estimate of drug-likeness (QED) is 0.340. The molecule has 0 fully saturated rings. The molecule has 0 atom stereocenters. The molecule has 3 nitrogen and oxygen atoms in total. The fraction of sp³-hybridized carbons (Fsp3) is 1.00. The van der Waals surface area contributed by atoms with E-state index < -0.39 is 0 Å². The third-order valence-corrected chi connectivity index (χ3v) is 1.74. The standard InChI is InChI=1S/C8H20N2O/c1-2-3-4-5-6-7-8-10(9)11/h11H,2-9H2,1H3. The van der Waals surface area contributed by atoms with Gasteiger partial charge in [-0.1, -0.05) is 39.0 Å². The van der Waals surface area contributed by atoms with Crippen molar-refractivity contribution in [2.75, 3.05) is 6.54 Å². The van der Waals surface area contributed by atoms with E-state index in [0.717, 1.165) is 11.6 Å². The normalized spacial score (nSPS) is 10.9. The number of hydroxylamine groups is 1. The second-order valence-corrected chi connectivity index (χ2v) is 2.93. The maximum absolute atomic E-state index is 8.57. The molecule has 11 heavy (non-hydrogen) atoms. The van der Waals surface area contributed by atoms with Crippen LogP contribution in [0.2, 0.25) is 0 Å². The first kappa shape index (κ1) is 10.9. The summed E-state index contributed by atoms with van der Waals surface area (Å²) >= 11 is 0. The summed E-state index contributed by atoms with van der Waals surface area (Å²) in [4.78, 5) is 0. The van der Waals surface area contributed by atoms with Gasteiger partial charge in [0, 0.05) is 6.54 Å². The highest BCUT2D eigenvalue weighted by Gasteiger charge is 1.92. The first-order valence-corrected chi connectivity index (χ1v) is 4.48. The molecule has 0 heterocycles. The number of nitrogens with two attached hydrogens (primary N) is 1. The Morgan fingerprint density at radius 3 is 2.18 bits per heavy atom. The summed E-state index contributed by atoms with van der Waals surface area (Å²) in [6.45, 7) is 2.79. The summed E-state index contributed by atoms with van der Waals surface area (Å²) < 4.78 is 0. The third kappa shape index (κ3) is 9.88. The van der Waals surface area contributed by atoms with Crippen LogP contribution < -0.4 is 5.84 Å². The van der Waals surface area contributed by atoms with Crippen molar-refractivity contribution >= 4 is 0 Å². The summed E-state index contributed by atoms with van der Waals surface area (Å²) in [7, 11) is 0. The van der Waals surface area contributed by atoms with Crippen LogP contribution in [0.15, 0.2) is 0 Å². The Morgan fingerprint density at radius 1 is 1.09 bits per heavy atom. The van der Waals surface area contributed by atoms with Gasteiger partial charge in [-0.3, -0.25) is 5.21 Å². The van der Waals surface area contributed by atoms with Crippen LogP contribution in [0.4, 0.5) is 0 Å². The molecule has 0 unspecified atom stereocenters. The second kappa shape index (κ2) is 7.98. The molecule has 0 aromatic heterocycles. The molecule has 0 saturated carbocycles. The van der Waals surface area contributed by atoms with Crippen molar-refractivity contribution in [1.82, 2.24) is 5.17 Å². The van der Waals surface area contributed by atoms with Crippen LogP contribution in [-0.2, 0) is 0 Å². The molecule has 0 aliphatic heterocycles. The zero-order valence-electron chi connectivity index (χ0n) is 7.42.